The molecule has 0 radical (unpaired) electrons. The van der Waals surface area contributed by atoms with E-state index in [9.17, 15) is 4.79 Å². The van der Waals surface area contributed by atoms with Crippen molar-refractivity contribution >= 4 is 28.7 Å². The largest absolute Gasteiger partial charge is 0.300 e. The molecule has 88 valence electrons. The second-order valence-corrected chi connectivity index (χ2v) is 6.19. The summed E-state index contributed by atoms with van der Waals surface area (Å²) >= 11 is 7.54. The van der Waals surface area contributed by atoms with Crippen molar-refractivity contribution in [3.8, 4) is 0 Å². The van der Waals surface area contributed by atoms with Gasteiger partial charge in [-0.1, -0.05) is 11.6 Å². The monoisotopic (exact) mass is 257 g/mol. The van der Waals surface area contributed by atoms with E-state index in [0.717, 1.165) is 36.6 Å². The van der Waals surface area contributed by atoms with Gasteiger partial charge in [0.25, 0.3) is 0 Å². The highest BCUT2D eigenvalue weighted by Crippen LogP contribution is 2.25. The Hall–Kier alpha value is -0.380. The molecule has 0 aliphatic heterocycles. The van der Waals surface area contributed by atoms with Gasteiger partial charge in [0, 0.05) is 30.3 Å². The first kappa shape index (κ1) is 12.1. The minimum Gasteiger partial charge on any atom is -0.300 e. The third kappa shape index (κ3) is 3.06. The minimum absolute atomic E-state index is 0.420. The van der Waals surface area contributed by atoms with Crippen LogP contribution in [0.25, 0.3) is 0 Å². The molecule has 4 heteroatoms. The number of ketones is 1. The molecule has 16 heavy (non-hydrogen) atoms. The fourth-order valence-electron chi connectivity index (χ4n) is 2.18. The van der Waals surface area contributed by atoms with Crippen molar-refractivity contribution in [1.29, 1.82) is 0 Å². The Morgan fingerprint density at radius 2 is 2.12 bits per heavy atom. The maximum absolute atomic E-state index is 11.2. The zero-order valence-corrected chi connectivity index (χ0v) is 11.0. The van der Waals surface area contributed by atoms with E-state index in [1.54, 1.807) is 11.3 Å². The molecule has 0 atom stereocenters. The fraction of sp³-hybridized carbons (Fsp3) is 0.583. The van der Waals surface area contributed by atoms with E-state index in [4.69, 9.17) is 11.6 Å². The molecule has 0 N–H and O–H groups in total. The summed E-state index contributed by atoms with van der Waals surface area (Å²) in [5.41, 5.74) is 0. The summed E-state index contributed by atoms with van der Waals surface area (Å²) in [5.74, 6) is 0.420. The van der Waals surface area contributed by atoms with Gasteiger partial charge in [-0.15, -0.1) is 11.3 Å². The van der Waals surface area contributed by atoms with Crippen molar-refractivity contribution in [2.45, 2.75) is 38.3 Å². The van der Waals surface area contributed by atoms with Crippen LogP contribution in [0.5, 0.6) is 0 Å². The minimum atomic E-state index is 0.420. The van der Waals surface area contributed by atoms with Crippen molar-refractivity contribution in [2.75, 3.05) is 7.05 Å². The second-order valence-electron chi connectivity index (χ2n) is 4.39. The van der Waals surface area contributed by atoms with Gasteiger partial charge in [0.1, 0.15) is 5.78 Å². The summed E-state index contributed by atoms with van der Waals surface area (Å²) < 4.78 is 0.849. The maximum Gasteiger partial charge on any atom is 0.133 e. The third-order valence-corrected chi connectivity index (χ3v) is 4.39. The van der Waals surface area contributed by atoms with Gasteiger partial charge in [-0.25, -0.2) is 0 Å². The second kappa shape index (κ2) is 5.30. The molecule has 0 unspecified atom stereocenters. The van der Waals surface area contributed by atoms with Crippen LogP contribution in [0.3, 0.4) is 0 Å². The number of carbonyl (C=O) groups is 1. The lowest BCUT2D eigenvalue weighted by atomic mass is 9.93. The highest BCUT2D eigenvalue weighted by Gasteiger charge is 2.22. The molecule has 1 aromatic rings. The number of halogens is 1. The van der Waals surface area contributed by atoms with E-state index in [2.05, 4.69) is 18.0 Å². The van der Waals surface area contributed by atoms with Crippen LogP contribution in [-0.2, 0) is 11.3 Å². The van der Waals surface area contributed by atoms with E-state index in [-0.39, 0.29) is 0 Å². The molecule has 1 aromatic heterocycles. The first-order valence-corrected chi connectivity index (χ1v) is 6.81. The lowest BCUT2D eigenvalue weighted by Crippen LogP contribution is -2.34. The molecule has 1 aliphatic rings. The molecule has 0 saturated heterocycles. The molecule has 0 aromatic carbocycles. The Bertz CT molecular complexity index is 367. The van der Waals surface area contributed by atoms with Gasteiger partial charge in [0.15, 0.2) is 0 Å². The number of thiophene rings is 1. The van der Waals surface area contributed by atoms with Crippen LogP contribution >= 0.6 is 22.9 Å². The van der Waals surface area contributed by atoms with Crippen LogP contribution < -0.4 is 0 Å². The number of rotatable bonds is 3. The van der Waals surface area contributed by atoms with Crippen LogP contribution in [0.2, 0.25) is 4.34 Å². The third-order valence-electron chi connectivity index (χ3n) is 3.17. The Labute approximate surface area is 105 Å². The molecule has 1 saturated carbocycles. The molecule has 1 aliphatic carbocycles. The van der Waals surface area contributed by atoms with E-state index in [1.165, 1.54) is 4.88 Å². The number of hydrogen-bond acceptors (Lipinski definition) is 3. The number of carbonyl (C=O) groups excluding carboxylic acids is 1. The van der Waals surface area contributed by atoms with Crippen molar-refractivity contribution in [1.82, 2.24) is 4.90 Å². The number of nitrogens with zero attached hydrogens (tertiary/aromatic N) is 1. The molecule has 0 spiro atoms. The molecule has 1 heterocycles. The summed E-state index contributed by atoms with van der Waals surface area (Å²) in [7, 11) is 2.13. The van der Waals surface area contributed by atoms with E-state index in [1.807, 2.05) is 6.07 Å². The van der Waals surface area contributed by atoms with Gasteiger partial charge < -0.3 is 0 Å². The van der Waals surface area contributed by atoms with Crippen LogP contribution in [0.1, 0.15) is 30.6 Å². The predicted octanol–water partition coefficient (Wildman–Crippen LogP) is 3.35. The van der Waals surface area contributed by atoms with Gasteiger partial charge in [0.05, 0.1) is 4.34 Å². The van der Waals surface area contributed by atoms with Gasteiger partial charge >= 0.3 is 0 Å². The van der Waals surface area contributed by atoms with Crippen molar-refractivity contribution < 1.29 is 4.79 Å². The normalized spacial score (nSPS) is 18.3. The van der Waals surface area contributed by atoms with Crippen molar-refractivity contribution in [3.63, 3.8) is 0 Å². The average Bonchev–Trinajstić information content (AvgIpc) is 2.65. The molecule has 0 bridgehead atoms. The van der Waals surface area contributed by atoms with E-state index in [0.29, 0.717) is 11.8 Å². The van der Waals surface area contributed by atoms with E-state index < -0.39 is 0 Å². The van der Waals surface area contributed by atoms with Crippen LogP contribution in [0.4, 0.5) is 0 Å². The quantitative estimate of drug-likeness (QED) is 0.828. The fourth-order valence-corrected chi connectivity index (χ4v) is 3.33. The Kier molecular flexibility index (Phi) is 4.00. The zero-order chi connectivity index (χ0) is 11.5. The number of Topliss-reactive ketones (excluding diaryl/α,β-unsaturated/α-hetero) is 1. The number of hydrogen-bond donors (Lipinski definition) is 0. The highest BCUT2D eigenvalue weighted by atomic mass is 35.5. The lowest BCUT2D eigenvalue weighted by Gasteiger charge is -2.30. The summed E-state index contributed by atoms with van der Waals surface area (Å²) in [5, 5.41) is 0. The van der Waals surface area contributed by atoms with Crippen molar-refractivity contribution in [3.05, 3.63) is 21.3 Å². The standard InChI is InChI=1S/C12H16ClNOS/c1-14(8-11-6-7-12(13)16-11)9-2-4-10(15)5-3-9/h6-7,9H,2-5,8H2,1H3. The van der Waals surface area contributed by atoms with Gasteiger partial charge in [-0.3, -0.25) is 9.69 Å². The predicted molar refractivity (Wildman–Crippen MR) is 68.1 cm³/mol. The maximum atomic E-state index is 11.2. The molecular formula is C12H16ClNOS. The van der Waals surface area contributed by atoms with Crippen LogP contribution in [0.15, 0.2) is 12.1 Å². The van der Waals surface area contributed by atoms with Crippen molar-refractivity contribution in [2.24, 2.45) is 0 Å². The topological polar surface area (TPSA) is 20.3 Å². The SMILES string of the molecule is CN(Cc1ccc(Cl)s1)C1CCC(=O)CC1. The summed E-state index contributed by atoms with van der Waals surface area (Å²) in [6.07, 6.45) is 3.52. The Morgan fingerprint density at radius 3 is 2.69 bits per heavy atom. The van der Waals surface area contributed by atoms with Crippen LogP contribution in [-0.4, -0.2) is 23.8 Å². The molecular weight excluding hydrogens is 242 g/mol. The highest BCUT2D eigenvalue weighted by molar-refractivity contribution is 7.16. The summed E-state index contributed by atoms with van der Waals surface area (Å²) in [6, 6.07) is 4.58. The van der Waals surface area contributed by atoms with Crippen LogP contribution in [0, 0.1) is 0 Å². The average molecular weight is 258 g/mol. The van der Waals surface area contributed by atoms with Gasteiger partial charge in [-0.05, 0) is 32.0 Å². The van der Waals surface area contributed by atoms with Gasteiger partial charge in [0.2, 0.25) is 0 Å². The first-order valence-electron chi connectivity index (χ1n) is 5.61. The summed E-state index contributed by atoms with van der Waals surface area (Å²) in [6.45, 7) is 0.941. The van der Waals surface area contributed by atoms with E-state index >= 15 is 0 Å². The molecule has 2 rings (SSSR count). The molecule has 1 fully saturated rings. The smallest absolute Gasteiger partial charge is 0.133 e. The van der Waals surface area contributed by atoms with Gasteiger partial charge in [-0.2, -0.15) is 0 Å². The Balaban J connectivity index is 1.88. The first-order chi connectivity index (χ1) is 7.65. The lowest BCUT2D eigenvalue weighted by molar-refractivity contribution is -0.121. The zero-order valence-electron chi connectivity index (χ0n) is 9.41. The molecule has 2 nitrogen and oxygen atoms in total. The molecule has 0 amide bonds. The summed E-state index contributed by atoms with van der Waals surface area (Å²) in [4.78, 5) is 14.8. The Morgan fingerprint density at radius 1 is 1.44 bits per heavy atom.